The third kappa shape index (κ3) is 6.54. The van der Waals surface area contributed by atoms with Gasteiger partial charge in [0, 0.05) is 12.8 Å². The Bertz CT molecular complexity index is 804. The van der Waals surface area contributed by atoms with Gasteiger partial charge in [-0.3, -0.25) is 4.79 Å². The van der Waals surface area contributed by atoms with E-state index >= 15 is 0 Å². The molecule has 2 aliphatic rings. The van der Waals surface area contributed by atoms with Crippen molar-refractivity contribution >= 4 is 5.91 Å². The van der Waals surface area contributed by atoms with Crippen molar-refractivity contribution in [1.29, 1.82) is 0 Å². The number of rotatable bonds is 7. The van der Waals surface area contributed by atoms with E-state index in [-0.39, 0.29) is 19.1 Å². The number of ether oxygens (including phenoxy) is 3. The SMILES string of the molecule is CC(=O)NC1C(O)[C@H](C(C)(C)C(C)(C)[C@@H]2OC(CO)[C@@H](OC(C)(C)C)C(O)C2N)C(CO)O[C@H]1C(C)(C)C. The van der Waals surface area contributed by atoms with Gasteiger partial charge in [-0.25, -0.2) is 0 Å². The van der Waals surface area contributed by atoms with Crippen LogP contribution in [-0.4, -0.2) is 100.0 Å². The summed E-state index contributed by atoms with van der Waals surface area (Å²) in [7, 11) is 0. The number of amides is 1. The molecule has 0 aromatic heterocycles. The number of aliphatic hydroxyl groups is 4. The van der Waals surface area contributed by atoms with E-state index in [0.29, 0.717) is 0 Å². The highest BCUT2D eigenvalue weighted by atomic mass is 16.6. The molecule has 10 atom stereocenters. The Hall–Kier alpha value is -0.850. The maximum absolute atomic E-state index is 12.1. The van der Waals surface area contributed by atoms with Gasteiger partial charge in [0.25, 0.3) is 0 Å². The maximum Gasteiger partial charge on any atom is 0.217 e. The molecule has 0 saturated carbocycles. The first-order valence-electron chi connectivity index (χ1n) is 13.7. The zero-order valence-electron chi connectivity index (χ0n) is 25.2. The molecule has 0 bridgehead atoms. The van der Waals surface area contributed by atoms with E-state index in [1.54, 1.807) is 0 Å². The van der Waals surface area contributed by atoms with Gasteiger partial charge in [0.1, 0.15) is 18.3 Å². The Kier molecular flexibility index (Phi) is 10.2. The maximum atomic E-state index is 12.1. The molecule has 2 heterocycles. The highest BCUT2D eigenvalue weighted by Gasteiger charge is 2.61. The first-order valence-corrected chi connectivity index (χ1v) is 13.7. The van der Waals surface area contributed by atoms with Gasteiger partial charge in [0.15, 0.2) is 0 Å². The molecule has 2 saturated heterocycles. The first kappa shape index (κ1) is 33.4. The van der Waals surface area contributed by atoms with Crippen molar-refractivity contribution in [2.75, 3.05) is 13.2 Å². The second-order valence-corrected chi connectivity index (χ2v) is 14.4. The van der Waals surface area contributed by atoms with Gasteiger partial charge in [-0.2, -0.15) is 0 Å². The molecule has 10 nitrogen and oxygen atoms in total. The highest BCUT2D eigenvalue weighted by Crippen LogP contribution is 2.54. The summed E-state index contributed by atoms with van der Waals surface area (Å²) in [5.41, 5.74) is 3.96. The molecule has 0 radical (unpaired) electrons. The molecule has 1 amide bonds. The molecule has 0 aromatic rings. The molecule has 224 valence electrons. The van der Waals surface area contributed by atoms with E-state index < -0.39 is 82.6 Å². The number of hydrogen-bond donors (Lipinski definition) is 6. The van der Waals surface area contributed by atoms with Crippen LogP contribution in [-0.2, 0) is 19.0 Å². The van der Waals surface area contributed by atoms with Crippen LogP contribution >= 0.6 is 0 Å². The number of nitrogens with one attached hydrogen (secondary N) is 1. The van der Waals surface area contributed by atoms with Crippen molar-refractivity contribution in [3.63, 3.8) is 0 Å². The van der Waals surface area contributed by atoms with E-state index in [0.717, 1.165) is 0 Å². The Labute approximate surface area is 228 Å². The topological polar surface area (TPSA) is 164 Å². The Balaban J connectivity index is 2.50. The fourth-order valence-electron chi connectivity index (χ4n) is 6.29. The predicted molar refractivity (Wildman–Crippen MR) is 144 cm³/mol. The third-order valence-corrected chi connectivity index (χ3v) is 8.83. The van der Waals surface area contributed by atoms with Crippen molar-refractivity contribution in [1.82, 2.24) is 5.32 Å². The minimum Gasteiger partial charge on any atom is -0.394 e. The van der Waals surface area contributed by atoms with Crippen LogP contribution < -0.4 is 11.1 Å². The third-order valence-electron chi connectivity index (χ3n) is 8.83. The summed E-state index contributed by atoms with van der Waals surface area (Å²) < 4.78 is 18.8. The first-order chi connectivity index (χ1) is 17.1. The van der Waals surface area contributed by atoms with Gasteiger partial charge in [-0.05, 0) is 37.0 Å². The quantitative estimate of drug-likeness (QED) is 0.273. The molecule has 2 rings (SSSR count). The second kappa shape index (κ2) is 11.6. The van der Waals surface area contributed by atoms with Crippen LogP contribution in [0.3, 0.4) is 0 Å². The number of aliphatic hydroxyl groups excluding tert-OH is 4. The lowest BCUT2D eigenvalue weighted by atomic mass is 9.53. The Morgan fingerprint density at radius 2 is 1.34 bits per heavy atom. The molecule has 2 aliphatic heterocycles. The molecular weight excluding hydrogens is 492 g/mol. The van der Waals surface area contributed by atoms with Gasteiger partial charge in [0.2, 0.25) is 5.91 Å². The number of carbonyl (C=O) groups excluding carboxylic acids is 1. The molecule has 0 aliphatic carbocycles. The molecule has 7 N–H and O–H groups in total. The Morgan fingerprint density at radius 3 is 1.76 bits per heavy atom. The molecule has 10 heteroatoms. The fourth-order valence-corrected chi connectivity index (χ4v) is 6.29. The van der Waals surface area contributed by atoms with Crippen LogP contribution in [0, 0.1) is 22.2 Å². The normalized spacial score (nSPS) is 37.7. The number of hydrogen-bond acceptors (Lipinski definition) is 9. The molecule has 2 fully saturated rings. The van der Waals surface area contributed by atoms with E-state index in [9.17, 15) is 25.2 Å². The van der Waals surface area contributed by atoms with E-state index in [4.69, 9.17) is 19.9 Å². The van der Waals surface area contributed by atoms with Crippen LogP contribution in [0.1, 0.15) is 76.2 Å². The Morgan fingerprint density at radius 1 is 0.842 bits per heavy atom. The zero-order valence-corrected chi connectivity index (χ0v) is 25.2. The summed E-state index contributed by atoms with van der Waals surface area (Å²) >= 11 is 0. The smallest absolute Gasteiger partial charge is 0.217 e. The minimum absolute atomic E-state index is 0.290. The van der Waals surface area contributed by atoms with Gasteiger partial charge in [-0.15, -0.1) is 0 Å². The van der Waals surface area contributed by atoms with E-state index in [2.05, 4.69) is 5.32 Å². The van der Waals surface area contributed by atoms with Crippen molar-refractivity contribution in [2.24, 2.45) is 27.9 Å². The molecule has 38 heavy (non-hydrogen) atoms. The molecular formula is C28H54N2O8. The standard InChI is InChI=1S/C28H54N2O8/c1-14(33)30-19-20(34)17(15(12-31)36-24(19)25(2,3)4)27(8,9)28(10,11)23-18(29)21(35)22(16(13-32)37-23)38-26(5,6)7/h15-24,31-32,34-35H,12-13,29H2,1-11H3,(H,30,33)/t15?,16?,17-,18?,19?,20?,21?,22-,23-,24-/m1/s1. The molecule has 6 unspecified atom stereocenters. The zero-order chi connectivity index (χ0) is 29.6. The largest absolute Gasteiger partial charge is 0.394 e. The van der Waals surface area contributed by atoms with Crippen molar-refractivity contribution < 1.29 is 39.4 Å². The monoisotopic (exact) mass is 546 g/mol. The summed E-state index contributed by atoms with van der Waals surface area (Å²) in [5.74, 6) is -0.927. The minimum atomic E-state index is -1.11. The van der Waals surface area contributed by atoms with Gasteiger partial charge >= 0.3 is 0 Å². The van der Waals surface area contributed by atoms with Gasteiger partial charge < -0.3 is 45.7 Å². The summed E-state index contributed by atoms with van der Waals surface area (Å²) in [5, 5.41) is 46.5. The van der Waals surface area contributed by atoms with Crippen LogP contribution in [0.25, 0.3) is 0 Å². The van der Waals surface area contributed by atoms with Gasteiger partial charge in [-0.1, -0.05) is 48.5 Å². The highest BCUT2D eigenvalue weighted by molar-refractivity contribution is 5.73. The summed E-state index contributed by atoms with van der Waals surface area (Å²) in [4.78, 5) is 12.1. The summed E-state index contributed by atoms with van der Waals surface area (Å²) in [6.07, 6.45) is -5.83. The van der Waals surface area contributed by atoms with Crippen LogP contribution in [0.15, 0.2) is 0 Å². The molecule has 0 aromatic carbocycles. The lowest BCUT2D eigenvalue weighted by Gasteiger charge is -2.60. The van der Waals surface area contributed by atoms with Crippen molar-refractivity contribution in [3.05, 3.63) is 0 Å². The second-order valence-electron chi connectivity index (χ2n) is 14.4. The average Bonchev–Trinajstić information content (AvgIpc) is 2.75. The van der Waals surface area contributed by atoms with Crippen molar-refractivity contribution in [3.8, 4) is 0 Å². The summed E-state index contributed by atoms with van der Waals surface area (Å²) in [6, 6.07) is -1.57. The van der Waals surface area contributed by atoms with E-state index in [1.807, 2.05) is 69.2 Å². The number of nitrogens with two attached hydrogens (primary N) is 1. The fraction of sp³-hybridized carbons (Fsp3) is 0.964. The number of carbonyl (C=O) groups is 1. The lowest BCUT2D eigenvalue weighted by molar-refractivity contribution is -0.276. The lowest BCUT2D eigenvalue weighted by Crippen LogP contribution is -2.72. The predicted octanol–water partition coefficient (Wildman–Crippen LogP) is 0.958. The van der Waals surface area contributed by atoms with Crippen molar-refractivity contribution in [2.45, 2.75) is 137 Å². The van der Waals surface area contributed by atoms with Crippen LogP contribution in [0.5, 0.6) is 0 Å². The van der Waals surface area contributed by atoms with Crippen LogP contribution in [0.2, 0.25) is 0 Å². The van der Waals surface area contributed by atoms with E-state index in [1.165, 1.54) is 6.92 Å². The van der Waals surface area contributed by atoms with Crippen LogP contribution in [0.4, 0.5) is 0 Å². The molecule has 0 spiro atoms. The average molecular weight is 547 g/mol. The summed E-state index contributed by atoms with van der Waals surface area (Å²) in [6.45, 7) is 19.9. The van der Waals surface area contributed by atoms with Gasteiger partial charge in [0.05, 0.1) is 55.3 Å².